The molecule has 2 aliphatic carbocycles. The van der Waals surface area contributed by atoms with E-state index in [1.54, 1.807) is 22.9 Å². The molecule has 2 saturated carbocycles. The fourth-order valence-corrected chi connectivity index (χ4v) is 5.14. The lowest BCUT2D eigenvalue weighted by molar-refractivity contribution is 0.0913. The van der Waals surface area contributed by atoms with E-state index >= 15 is 0 Å². The number of aromatic nitrogens is 1. The number of rotatable bonds is 5. The average Bonchev–Trinajstić information content (AvgIpc) is 3.27. The molecule has 0 aliphatic heterocycles. The summed E-state index contributed by atoms with van der Waals surface area (Å²) in [5.41, 5.74) is 2.23. The quantitative estimate of drug-likeness (QED) is 0.878. The van der Waals surface area contributed by atoms with Crippen LogP contribution in [0.3, 0.4) is 0 Å². The minimum Gasteiger partial charge on any atom is -0.349 e. The van der Waals surface area contributed by atoms with Gasteiger partial charge in [0, 0.05) is 12.2 Å². The van der Waals surface area contributed by atoms with Crippen LogP contribution in [-0.2, 0) is 6.54 Å². The maximum absolute atomic E-state index is 12.8. The van der Waals surface area contributed by atoms with E-state index in [1.165, 1.54) is 25.7 Å². The molecule has 2 aliphatic rings. The van der Waals surface area contributed by atoms with Crippen LogP contribution in [0.5, 0.6) is 0 Å². The third-order valence-corrected chi connectivity index (χ3v) is 6.49. The van der Waals surface area contributed by atoms with Crippen LogP contribution < -0.4 is 10.9 Å². The summed E-state index contributed by atoms with van der Waals surface area (Å²) in [5, 5.41) is 3.11. The van der Waals surface area contributed by atoms with Gasteiger partial charge in [0.2, 0.25) is 0 Å². The molecule has 0 spiro atoms. The Morgan fingerprint density at radius 2 is 2.07 bits per heavy atom. The van der Waals surface area contributed by atoms with Crippen LogP contribution in [0.1, 0.15) is 54.1 Å². The Morgan fingerprint density at radius 1 is 1.22 bits per heavy atom. The lowest BCUT2D eigenvalue weighted by atomic mass is 9.84. The zero-order valence-corrected chi connectivity index (χ0v) is 16.2. The molecule has 2 fully saturated rings. The summed E-state index contributed by atoms with van der Waals surface area (Å²) in [6, 6.07) is 11.6. The molecule has 1 amide bonds. The van der Waals surface area contributed by atoms with Gasteiger partial charge < -0.3 is 9.88 Å². The smallest absolute Gasteiger partial charge is 0.263 e. The number of hydrogen-bond donors (Lipinski definition) is 1. The Balaban J connectivity index is 1.48. The van der Waals surface area contributed by atoms with Crippen molar-refractivity contribution >= 4 is 5.91 Å². The van der Waals surface area contributed by atoms with Gasteiger partial charge in [0.05, 0.1) is 6.54 Å². The molecule has 2 bridgehead atoms. The number of benzene rings is 1. The number of nitrogens with one attached hydrogen (secondary N) is 1. The van der Waals surface area contributed by atoms with Gasteiger partial charge in [0.15, 0.2) is 0 Å². The van der Waals surface area contributed by atoms with Crippen molar-refractivity contribution in [2.75, 3.05) is 0 Å². The standard InChI is InChI=1S/C23H28N2O2/c1-15-5-3-6-18(11-15)14-25-10-4-7-20(23(25)27)22(26)24-16(2)21-13-17-8-9-19(21)12-17/h3-7,10-11,16-17,19,21H,8-9,12-14H2,1-2H3,(H,24,26)/t16-,17+,19+,21+/m1/s1. The number of hydrogen-bond acceptors (Lipinski definition) is 2. The van der Waals surface area contributed by atoms with Gasteiger partial charge >= 0.3 is 0 Å². The number of pyridine rings is 1. The number of aryl methyl sites for hydroxylation is 1. The van der Waals surface area contributed by atoms with Crippen molar-refractivity contribution in [1.82, 2.24) is 9.88 Å². The van der Waals surface area contributed by atoms with Crippen molar-refractivity contribution in [1.29, 1.82) is 0 Å². The number of amides is 1. The molecular weight excluding hydrogens is 336 g/mol. The van der Waals surface area contributed by atoms with Gasteiger partial charge in [-0.3, -0.25) is 9.59 Å². The van der Waals surface area contributed by atoms with Crippen LogP contribution in [0.2, 0.25) is 0 Å². The van der Waals surface area contributed by atoms with Gasteiger partial charge in [-0.1, -0.05) is 36.2 Å². The molecule has 1 heterocycles. The van der Waals surface area contributed by atoms with Crippen LogP contribution in [0.4, 0.5) is 0 Å². The van der Waals surface area contributed by atoms with Gasteiger partial charge in [-0.15, -0.1) is 0 Å². The molecule has 2 aromatic rings. The van der Waals surface area contributed by atoms with E-state index in [0.29, 0.717) is 12.5 Å². The summed E-state index contributed by atoms with van der Waals surface area (Å²) in [6.07, 6.45) is 6.94. The highest BCUT2D eigenvalue weighted by Gasteiger charge is 2.42. The van der Waals surface area contributed by atoms with Crippen molar-refractivity contribution < 1.29 is 4.79 Å². The normalized spacial score (nSPS) is 24.7. The highest BCUT2D eigenvalue weighted by Crippen LogP contribution is 2.49. The van der Waals surface area contributed by atoms with Crippen molar-refractivity contribution in [3.63, 3.8) is 0 Å². The van der Waals surface area contributed by atoms with Gasteiger partial charge in [0.25, 0.3) is 11.5 Å². The molecule has 1 aromatic carbocycles. The lowest BCUT2D eigenvalue weighted by Crippen LogP contribution is -2.42. The summed E-state index contributed by atoms with van der Waals surface area (Å²) < 4.78 is 1.62. The Hall–Kier alpha value is -2.36. The monoisotopic (exact) mass is 364 g/mol. The molecule has 4 nitrogen and oxygen atoms in total. The number of carbonyl (C=O) groups is 1. The molecule has 27 heavy (non-hydrogen) atoms. The molecule has 0 radical (unpaired) electrons. The minimum atomic E-state index is -0.242. The summed E-state index contributed by atoms with van der Waals surface area (Å²) in [6.45, 7) is 4.61. The van der Waals surface area contributed by atoms with E-state index in [0.717, 1.165) is 23.0 Å². The largest absolute Gasteiger partial charge is 0.349 e. The third kappa shape index (κ3) is 3.71. The van der Waals surface area contributed by atoms with Crippen LogP contribution in [-0.4, -0.2) is 16.5 Å². The Bertz CT molecular complexity index is 901. The van der Waals surface area contributed by atoms with Crippen molar-refractivity contribution in [2.45, 2.75) is 52.1 Å². The summed E-state index contributed by atoms with van der Waals surface area (Å²) in [5.74, 6) is 1.92. The zero-order chi connectivity index (χ0) is 19.0. The van der Waals surface area contributed by atoms with E-state index in [9.17, 15) is 9.59 Å². The summed E-state index contributed by atoms with van der Waals surface area (Å²) >= 11 is 0. The fourth-order valence-electron chi connectivity index (χ4n) is 5.14. The zero-order valence-electron chi connectivity index (χ0n) is 16.2. The van der Waals surface area contributed by atoms with Gasteiger partial charge in [0.1, 0.15) is 5.56 Å². The highest BCUT2D eigenvalue weighted by molar-refractivity contribution is 5.94. The first kappa shape index (κ1) is 18.0. The van der Waals surface area contributed by atoms with Gasteiger partial charge in [-0.2, -0.15) is 0 Å². The predicted molar refractivity (Wildman–Crippen MR) is 107 cm³/mol. The summed E-state index contributed by atoms with van der Waals surface area (Å²) in [7, 11) is 0. The van der Waals surface area contributed by atoms with E-state index < -0.39 is 0 Å². The molecule has 1 N–H and O–H groups in total. The molecule has 4 rings (SSSR count). The van der Waals surface area contributed by atoms with Crippen LogP contribution >= 0.6 is 0 Å². The van der Waals surface area contributed by atoms with Crippen molar-refractivity contribution in [3.05, 3.63) is 69.6 Å². The number of fused-ring (bicyclic) bond motifs is 2. The maximum Gasteiger partial charge on any atom is 0.263 e. The third-order valence-electron chi connectivity index (χ3n) is 6.49. The average molecular weight is 364 g/mol. The Morgan fingerprint density at radius 3 is 2.78 bits per heavy atom. The lowest BCUT2D eigenvalue weighted by Gasteiger charge is -2.28. The maximum atomic E-state index is 12.8. The second-order valence-electron chi connectivity index (χ2n) is 8.44. The number of nitrogens with zero attached hydrogens (tertiary/aromatic N) is 1. The van der Waals surface area contributed by atoms with E-state index in [4.69, 9.17) is 0 Å². The first-order valence-corrected chi connectivity index (χ1v) is 10.1. The summed E-state index contributed by atoms with van der Waals surface area (Å²) in [4.78, 5) is 25.6. The molecule has 0 unspecified atom stereocenters. The fraction of sp³-hybridized carbons (Fsp3) is 0.478. The predicted octanol–water partition coefficient (Wildman–Crippen LogP) is 3.76. The topological polar surface area (TPSA) is 51.1 Å². The molecule has 1 aromatic heterocycles. The SMILES string of the molecule is Cc1cccc(Cn2cccc(C(=O)N[C@H](C)[C@@H]3C[C@H]4CC[C@H]3C4)c2=O)c1. The van der Waals surface area contributed by atoms with Crippen LogP contribution in [0.25, 0.3) is 0 Å². The molecule has 4 atom stereocenters. The van der Waals surface area contributed by atoms with Crippen LogP contribution in [0.15, 0.2) is 47.4 Å². The second-order valence-corrected chi connectivity index (χ2v) is 8.44. The van der Waals surface area contributed by atoms with E-state index in [2.05, 4.69) is 18.3 Å². The number of carbonyl (C=O) groups excluding carboxylic acids is 1. The van der Waals surface area contributed by atoms with Crippen LogP contribution in [0, 0.1) is 24.7 Å². The Kier molecular flexibility index (Phi) is 4.90. The van der Waals surface area contributed by atoms with Gasteiger partial charge in [-0.05, 0) is 68.6 Å². The molecule has 4 heteroatoms. The van der Waals surface area contributed by atoms with Gasteiger partial charge in [-0.25, -0.2) is 0 Å². The first-order chi connectivity index (χ1) is 13.0. The minimum absolute atomic E-state index is 0.123. The molecule has 142 valence electrons. The van der Waals surface area contributed by atoms with Crippen molar-refractivity contribution in [3.8, 4) is 0 Å². The Labute approximate surface area is 160 Å². The molecule has 0 saturated heterocycles. The first-order valence-electron chi connectivity index (χ1n) is 10.1. The molecular formula is C23H28N2O2. The van der Waals surface area contributed by atoms with E-state index in [-0.39, 0.29) is 23.1 Å². The highest BCUT2D eigenvalue weighted by atomic mass is 16.2. The second kappa shape index (κ2) is 7.34. The van der Waals surface area contributed by atoms with Crippen molar-refractivity contribution in [2.24, 2.45) is 17.8 Å². The van der Waals surface area contributed by atoms with E-state index in [1.807, 2.05) is 25.1 Å².